The van der Waals surface area contributed by atoms with Crippen molar-refractivity contribution in [2.45, 2.75) is 26.2 Å². The molecule has 2 aromatic carbocycles. The third kappa shape index (κ3) is 4.38. The summed E-state index contributed by atoms with van der Waals surface area (Å²) in [7, 11) is 0. The van der Waals surface area contributed by atoms with E-state index in [4.69, 9.17) is 0 Å². The van der Waals surface area contributed by atoms with Gasteiger partial charge in [0.15, 0.2) is 0 Å². The third-order valence-corrected chi connectivity index (χ3v) is 4.91. The van der Waals surface area contributed by atoms with Crippen LogP contribution in [0.5, 0.6) is 0 Å². The Kier molecular flexibility index (Phi) is 5.52. The van der Waals surface area contributed by atoms with Crippen LogP contribution in [0.2, 0.25) is 0 Å². The second-order valence-corrected chi connectivity index (χ2v) is 6.68. The van der Waals surface area contributed by atoms with Crippen LogP contribution in [0.1, 0.15) is 24.0 Å². The van der Waals surface area contributed by atoms with E-state index < -0.39 is 0 Å². The number of para-hydroxylation sites is 1. The van der Waals surface area contributed by atoms with Gasteiger partial charge in [0.1, 0.15) is 0 Å². The van der Waals surface area contributed by atoms with Crippen LogP contribution < -0.4 is 5.32 Å². The van der Waals surface area contributed by atoms with Crippen molar-refractivity contribution in [1.29, 1.82) is 0 Å². The van der Waals surface area contributed by atoms with E-state index in [2.05, 4.69) is 48.6 Å². The van der Waals surface area contributed by atoms with E-state index in [9.17, 15) is 4.79 Å². The molecule has 0 atom stereocenters. The van der Waals surface area contributed by atoms with Gasteiger partial charge in [0.05, 0.1) is 6.54 Å². The van der Waals surface area contributed by atoms with Crippen LogP contribution in [0.25, 0.3) is 0 Å². The number of hydrogen-bond donors (Lipinski definition) is 1. The van der Waals surface area contributed by atoms with Crippen LogP contribution in [0.3, 0.4) is 0 Å². The Bertz CT molecular complexity index is 661. The van der Waals surface area contributed by atoms with Crippen molar-refractivity contribution in [2.24, 2.45) is 5.92 Å². The molecule has 0 saturated carbocycles. The Hall–Kier alpha value is -2.29. The van der Waals surface area contributed by atoms with Gasteiger partial charge in [-0.05, 0) is 49.3 Å². The smallest absolute Gasteiger partial charge is 0.241 e. The van der Waals surface area contributed by atoms with Crippen molar-refractivity contribution in [3.63, 3.8) is 0 Å². The predicted molar refractivity (Wildman–Crippen MR) is 99.1 cm³/mol. The molecule has 0 aliphatic carbocycles. The summed E-state index contributed by atoms with van der Waals surface area (Å²) in [5, 5.41) is 3.27. The lowest BCUT2D eigenvalue weighted by atomic mass is 9.90. The molecular formula is C21H26N2O. The Morgan fingerprint density at radius 2 is 1.71 bits per heavy atom. The zero-order chi connectivity index (χ0) is 16.8. The molecule has 0 bridgehead atoms. The molecule has 3 rings (SSSR count). The zero-order valence-electron chi connectivity index (χ0n) is 14.4. The topological polar surface area (TPSA) is 32.3 Å². The number of nitrogens with zero attached hydrogens (tertiary/aromatic N) is 1. The summed E-state index contributed by atoms with van der Waals surface area (Å²) in [6, 6.07) is 18.8. The number of likely N-dealkylation sites (tertiary alicyclic amines) is 1. The van der Waals surface area contributed by atoms with Crippen molar-refractivity contribution in [1.82, 2.24) is 4.90 Å². The maximum absolute atomic E-state index is 12.4. The first kappa shape index (κ1) is 16.6. The van der Waals surface area contributed by atoms with E-state index in [1.165, 1.54) is 11.1 Å². The summed E-state index contributed by atoms with van der Waals surface area (Å²) >= 11 is 0. The number of piperidine rings is 1. The summed E-state index contributed by atoms with van der Waals surface area (Å²) in [6.45, 7) is 4.20. The maximum atomic E-state index is 12.4. The molecule has 0 aromatic heterocycles. The average molecular weight is 322 g/mol. The highest BCUT2D eigenvalue weighted by molar-refractivity contribution is 5.81. The lowest BCUT2D eigenvalue weighted by Crippen LogP contribution is -2.41. The lowest BCUT2D eigenvalue weighted by molar-refractivity contribution is -0.130. The summed E-state index contributed by atoms with van der Waals surface area (Å²) in [6.07, 6.45) is 3.33. The van der Waals surface area contributed by atoms with Crippen LogP contribution in [0, 0.1) is 12.8 Å². The molecule has 1 N–H and O–H groups in total. The van der Waals surface area contributed by atoms with E-state index in [0.717, 1.165) is 38.0 Å². The van der Waals surface area contributed by atoms with Crippen LogP contribution in [-0.4, -0.2) is 30.4 Å². The van der Waals surface area contributed by atoms with Crippen molar-refractivity contribution >= 4 is 11.6 Å². The van der Waals surface area contributed by atoms with Gasteiger partial charge in [-0.3, -0.25) is 4.79 Å². The molecule has 1 amide bonds. The molecule has 3 heteroatoms. The molecule has 1 aliphatic heterocycles. The van der Waals surface area contributed by atoms with E-state index in [1.54, 1.807) is 0 Å². The fourth-order valence-electron chi connectivity index (χ4n) is 3.39. The molecule has 126 valence electrons. The molecular weight excluding hydrogens is 296 g/mol. The van der Waals surface area contributed by atoms with Gasteiger partial charge in [-0.1, -0.05) is 48.5 Å². The molecule has 1 aliphatic rings. The maximum Gasteiger partial charge on any atom is 0.241 e. The van der Waals surface area contributed by atoms with Gasteiger partial charge in [0.25, 0.3) is 0 Å². The Morgan fingerprint density at radius 1 is 1.04 bits per heavy atom. The molecule has 2 aromatic rings. The number of benzene rings is 2. The first-order valence-electron chi connectivity index (χ1n) is 8.83. The van der Waals surface area contributed by atoms with E-state index in [-0.39, 0.29) is 5.91 Å². The monoisotopic (exact) mass is 322 g/mol. The summed E-state index contributed by atoms with van der Waals surface area (Å²) in [5.74, 6) is 0.900. The van der Waals surface area contributed by atoms with Crippen LogP contribution in [0.15, 0.2) is 54.6 Å². The first-order valence-corrected chi connectivity index (χ1v) is 8.83. The number of aryl methyl sites for hydroxylation is 1. The zero-order valence-corrected chi connectivity index (χ0v) is 14.4. The minimum atomic E-state index is 0.205. The summed E-state index contributed by atoms with van der Waals surface area (Å²) < 4.78 is 0. The number of hydrogen-bond acceptors (Lipinski definition) is 2. The molecule has 24 heavy (non-hydrogen) atoms. The lowest BCUT2D eigenvalue weighted by Gasteiger charge is -2.32. The normalized spacial score (nSPS) is 15.3. The minimum Gasteiger partial charge on any atom is -0.376 e. The Morgan fingerprint density at radius 3 is 2.42 bits per heavy atom. The minimum absolute atomic E-state index is 0.205. The van der Waals surface area contributed by atoms with Crippen molar-refractivity contribution in [3.05, 3.63) is 65.7 Å². The Labute approximate surface area is 144 Å². The van der Waals surface area contributed by atoms with Crippen LogP contribution >= 0.6 is 0 Å². The van der Waals surface area contributed by atoms with Gasteiger partial charge in [0.2, 0.25) is 5.91 Å². The van der Waals surface area contributed by atoms with Crippen molar-refractivity contribution < 1.29 is 4.79 Å². The highest BCUT2D eigenvalue weighted by Gasteiger charge is 2.22. The van der Waals surface area contributed by atoms with Crippen molar-refractivity contribution in [2.75, 3.05) is 25.0 Å². The summed E-state index contributed by atoms with van der Waals surface area (Å²) in [5.41, 5.74) is 3.63. The molecule has 0 unspecified atom stereocenters. The number of rotatable bonds is 5. The molecule has 1 saturated heterocycles. The van der Waals surface area contributed by atoms with Gasteiger partial charge in [-0.2, -0.15) is 0 Å². The fraction of sp³-hybridized carbons (Fsp3) is 0.381. The van der Waals surface area contributed by atoms with Gasteiger partial charge >= 0.3 is 0 Å². The Balaban J connectivity index is 1.44. The van der Waals surface area contributed by atoms with Gasteiger partial charge in [0, 0.05) is 18.8 Å². The molecule has 3 nitrogen and oxygen atoms in total. The number of carbonyl (C=O) groups excluding carboxylic acids is 1. The first-order chi connectivity index (χ1) is 11.7. The van der Waals surface area contributed by atoms with Gasteiger partial charge < -0.3 is 10.2 Å². The van der Waals surface area contributed by atoms with Crippen LogP contribution in [0.4, 0.5) is 5.69 Å². The number of nitrogens with one attached hydrogen (secondary N) is 1. The highest BCUT2D eigenvalue weighted by Crippen LogP contribution is 2.22. The van der Waals surface area contributed by atoms with E-state index in [0.29, 0.717) is 12.5 Å². The van der Waals surface area contributed by atoms with Crippen molar-refractivity contribution in [3.8, 4) is 0 Å². The second kappa shape index (κ2) is 8.00. The van der Waals surface area contributed by atoms with Crippen LogP contribution in [-0.2, 0) is 11.2 Å². The standard InChI is InChI=1S/C21H26N2O/c1-17-7-5-6-10-20(17)22-16-21(24)23-13-11-19(12-14-23)15-18-8-3-2-4-9-18/h2-10,19,22H,11-16H2,1H3. The molecule has 1 fully saturated rings. The molecule has 0 spiro atoms. The SMILES string of the molecule is Cc1ccccc1NCC(=O)N1CCC(Cc2ccccc2)CC1. The largest absolute Gasteiger partial charge is 0.376 e. The van der Waals surface area contributed by atoms with E-state index >= 15 is 0 Å². The van der Waals surface area contributed by atoms with Gasteiger partial charge in [-0.25, -0.2) is 0 Å². The number of amides is 1. The fourth-order valence-corrected chi connectivity index (χ4v) is 3.39. The van der Waals surface area contributed by atoms with E-state index in [1.807, 2.05) is 23.1 Å². The predicted octanol–water partition coefficient (Wildman–Crippen LogP) is 3.89. The highest BCUT2D eigenvalue weighted by atomic mass is 16.2. The van der Waals surface area contributed by atoms with Gasteiger partial charge in [-0.15, -0.1) is 0 Å². The second-order valence-electron chi connectivity index (χ2n) is 6.68. The quantitative estimate of drug-likeness (QED) is 0.906. The molecule has 0 radical (unpaired) electrons. The number of anilines is 1. The summed E-state index contributed by atoms with van der Waals surface area (Å²) in [4.78, 5) is 14.4. The average Bonchev–Trinajstić information content (AvgIpc) is 2.62. The number of carbonyl (C=O) groups is 1. The third-order valence-electron chi connectivity index (χ3n) is 4.91. The molecule has 1 heterocycles.